The summed E-state index contributed by atoms with van der Waals surface area (Å²) in [7, 11) is 0. The van der Waals surface area contributed by atoms with Crippen LogP contribution in [0.25, 0.3) is 16.7 Å². The summed E-state index contributed by atoms with van der Waals surface area (Å²) in [5, 5.41) is 0. The summed E-state index contributed by atoms with van der Waals surface area (Å²) < 4.78 is 57.4. The third-order valence-electron chi connectivity index (χ3n) is 3.63. The van der Waals surface area contributed by atoms with Crippen LogP contribution in [0.5, 0.6) is 0 Å². The maximum atomic E-state index is 12.3. The molecular weight excluding hydrogens is 381 g/mol. The number of halogens is 3. The minimum Gasteiger partial charge on any atom is -0.404 e. The molecule has 0 aliphatic heterocycles. The lowest BCUT2D eigenvalue weighted by Gasteiger charge is -2.11. The molecule has 1 unspecified atom stereocenters. The molecule has 0 radical (unpaired) electrons. The van der Waals surface area contributed by atoms with Crippen molar-refractivity contribution < 1.29 is 21.9 Å². The summed E-state index contributed by atoms with van der Waals surface area (Å²) in [6, 6.07) is 6.33. The molecule has 10 heteroatoms. The molecule has 0 spiro atoms. The van der Waals surface area contributed by atoms with E-state index < -0.39 is 23.8 Å². The van der Waals surface area contributed by atoms with Gasteiger partial charge in [0, 0.05) is 35.3 Å². The Balaban J connectivity index is 2.47. The Bertz CT molecular complexity index is 927. The smallest absolute Gasteiger partial charge is 0.404 e. The first-order valence-corrected chi connectivity index (χ1v) is 8.69. The molecule has 0 bridgehead atoms. The van der Waals surface area contributed by atoms with Crippen molar-refractivity contribution in [2.24, 2.45) is 10.7 Å². The third-order valence-corrected chi connectivity index (χ3v) is 4.29. The number of anilines is 1. The van der Waals surface area contributed by atoms with Crippen molar-refractivity contribution in [3.05, 3.63) is 47.8 Å². The van der Waals surface area contributed by atoms with E-state index in [-0.39, 0.29) is 16.3 Å². The van der Waals surface area contributed by atoms with Crippen molar-refractivity contribution in [2.45, 2.75) is 18.0 Å². The number of nitrogens with zero attached hydrogens (tertiary/aromatic N) is 2. The van der Waals surface area contributed by atoms with Gasteiger partial charge in [-0.15, -0.1) is 0 Å². The molecule has 2 rings (SSSR count). The highest BCUT2D eigenvalue weighted by Crippen LogP contribution is 2.29. The maximum absolute atomic E-state index is 12.3. The molecule has 5 N–H and O–H groups in total. The first kappa shape index (κ1) is 20.6. The van der Waals surface area contributed by atoms with E-state index in [0.29, 0.717) is 16.7 Å². The predicted octanol–water partition coefficient (Wildman–Crippen LogP) is 3.15. The van der Waals surface area contributed by atoms with E-state index in [1.807, 2.05) is 0 Å². The highest BCUT2D eigenvalue weighted by Gasteiger charge is 2.26. The van der Waals surface area contributed by atoms with E-state index >= 15 is 0 Å². The average Bonchev–Trinajstić information content (AvgIpc) is 2.59. The fourth-order valence-corrected chi connectivity index (χ4v) is 2.73. The standard InChI is InChI=1S/C17H17F3N4O2S/c1-10-2-3-13(27(25)26)5-14(10)11-4-15(16(22)24-8-11)12(6-21)7-23-9-17(18,19)20/h2-8H,9,21H2,1H3,(H2,22,24)(H,25,26). The van der Waals surface area contributed by atoms with E-state index in [0.717, 1.165) is 18.0 Å². The normalized spacial score (nSPS) is 13.9. The van der Waals surface area contributed by atoms with Crippen LogP contribution in [-0.2, 0) is 11.1 Å². The Morgan fingerprint density at radius 1 is 1.37 bits per heavy atom. The first-order chi connectivity index (χ1) is 12.6. The molecule has 0 saturated heterocycles. The number of nitrogen functional groups attached to an aromatic ring is 1. The average molecular weight is 398 g/mol. The Hall–Kier alpha value is -2.72. The molecule has 0 fully saturated rings. The number of nitrogens with two attached hydrogens (primary N) is 2. The molecule has 1 aromatic carbocycles. The zero-order valence-electron chi connectivity index (χ0n) is 14.2. The first-order valence-electron chi connectivity index (χ1n) is 7.58. The van der Waals surface area contributed by atoms with Crippen LogP contribution < -0.4 is 11.5 Å². The van der Waals surface area contributed by atoms with Gasteiger partial charge < -0.3 is 16.0 Å². The van der Waals surface area contributed by atoms with Crippen LogP contribution >= 0.6 is 0 Å². The summed E-state index contributed by atoms with van der Waals surface area (Å²) in [6.07, 6.45) is -0.897. The Morgan fingerprint density at radius 2 is 2.07 bits per heavy atom. The molecule has 0 aliphatic rings. The quantitative estimate of drug-likeness (QED) is 0.529. The van der Waals surface area contributed by atoms with Crippen LogP contribution in [0.4, 0.5) is 19.0 Å². The monoisotopic (exact) mass is 398 g/mol. The number of aliphatic imine (C=N–C) groups is 1. The second kappa shape index (κ2) is 8.31. The second-order valence-electron chi connectivity index (χ2n) is 5.59. The van der Waals surface area contributed by atoms with Crippen LogP contribution in [0.1, 0.15) is 11.1 Å². The molecule has 1 heterocycles. The minimum absolute atomic E-state index is 0.0634. The number of alkyl halides is 3. The predicted molar refractivity (Wildman–Crippen MR) is 99.4 cm³/mol. The van der Waals surface area contributed by atoms with Crippen molar-refractivity contribution in [3.8, 4) is 11.1 Å². The van der Waals surface area contributed by atoms with E-state index in [1.54, 1.807) is 19.1 Å². The van der Waals surface area contributed by atoms with E-state index in [9.17, 15) is 21.9 Å². The highest BCUT2D eigenvalue weighted by atomic mass is 32.2. The second-order valence-corrected chi connectivity index (χ2v) is 6.56. The summed E-state index contributed by atoms with van der Waals surface area (Å²) in [4.78, 5) is 7.59. The summed E-state index contributed by atoms with van der Waals surface area (Å²) >= 11 is -2.16. The largest absolute Gasteiger partial charge is 0.407 e. The van der Waals surface area contributed by atoms with Crippen molar-refractivity contribution in [2.75, 3.05) is 12.3 Å². The molecule has 0 saturated carbocycles. The van der Waals surface area contributed by atoms with Gasteiger partial charge in [-0.1, -0.05) is 6.07 Å². The number of benzene rings is 1. The molecule has 1 aromatic heterocycles. The molecule has 6 nitrogen and oxygen atoms in total. The van der Waals surface area contributed by atoms with Gasteiger partial charge in [-0.2, -0.15) is 13.2 Å². The fraction of sp³-hybridized carbons (Fsp3) is 0.176. The number of rotatable bonds is 5. The van der Waals surface area contributed by atoms with Crippen molar-refractivity contribution in [1.82, 2.24) is 4.98 Å². The number of aromatic nitrogens is 1. The van der Waals surface area contributed by atoms with Crippen LogP contribution in [0.2, 0.25) is 0 Å². The van der Waals surface area contributed by atoms with Crippen molar-refractivity contribution >= 4 is 28.7 Å². The van der Waals surface area contributed by atoms with Crippen molar-refractivity contribution in [1.29, 1.82) is 0 Å². The van der Waals surface area contributed by atoms with Gasteiger partial charge in [-0.05, 0) is 36.2 Å². The maximum Gasteiger partial charge on any atom is 0.407 e. The molecule has 0 aliphatic carbocycles. The van der Waals surface area contributed by atoms with Crippen molar-refractivity contribution in [3.63, 3.8) is 0 Å². The minimum atomic E-state index is -4.43. The van der Waals surface area contributed by atoms with Gasteiger partial charge in [0.25, 0.3) is 0 Å². The number of aryl methyl sites for hydroxylation is 1. The van der Waals surface area contributed by atoms with Gasteiger partial charge in [0.05, 0.1) is 4.90 Å². The number of pyridine rings is 1. The molecule has 144 valence electrons. The molecule has 0 amide bonds. The number of allylic oxidation sites excluding steroid dienone is 1. The lowest BCUT2D eigenvalue weighted by atomic mass is 9.98. The van der Waals surface area contributed by atoms with Crippen LogP contribution in [0.3, 0.4) is 0 Å². The topological polar surface area (TPSA) is 115 Å². The number of hydrogen-bond acceptors (Lipinski definition) is 5. The van der Waals surface area contributed by atoms with Crippen LogP contribution in [-0.4, -0.2) is 32.7 Å². The SMILES string of the molecule is Cc1ccc(S(=O)O)cc1-c1cnc(N)c(C(C=NCC(F)(F)F)=CN)c1. The van der Waals surface area contributed by atoms with Gasteiger partial charge in [0.2, 0.25) is 0 Å². The van der Waals surface area contributed by atoms with E-state index in [1.165, 1.54) is 18.3 Å². The lowest BCUT2D eigenvalue weighted by Crippen LogP contribution is -2.12. The van der Waals surface area contributed by atoms with E-state index in [2.05, 4.69) is 9.98 Å². The molecular formula is C17H17F3N4O2S. The van der Waals surface area contributed by atoms with Gasteiger partial charge >= 0.3 is 6.18 Å². The van der Waals surface area contributed by atoms with Gasteiger partial charge in [-0.3, -0.25) is 4.99 Å². The molecule has 1 atom stereocenters. The zero-order valence-corrected chi connectivity index (χ0v) is 15.0. The Morgan fingerprint density at radius 3 is 2.67 bits per heavy atom. The number of hydrogen-bond donors (Lipinski definition) is 3. The van der Waals surface area contributed by atoms with Gasteiger partial charge in [-0.25, -0.2) is 9.19 Å². The van der Waals surface area contributed by atoms with E-state index in [4.69, 9.17) is 11.5 Å². The highest BCUT2D eigenvalue weighted by molar-refractivity contribution is 7.79. The molecule has 2 aromatic rings. The summed E-state index contributed by atoms with van der Waals surface area (Å²) in [6.45, 7) is 0.459. The molecule has 27 heavy (non-hydrogen) atoms. The lowest BCUT2D eigenvalue weighted by molar-refractivity contribution is -0.118. The van der Waals surface area contributed by atoms with Crippen LogP contribution in [0, 0.1) is 6.92 Å². The summed E-state index contributed by atoms with van der Waals surface area (Å²) in [5.41, 5.74) is 13.8. The zero-order chi connectivity index (χ0) is 20.2. The Labute approximate surface area is 156 Å². The summed E-state index contributed by atoms with van der Waals surface area (Å²) in [5.74, 6) is 0.0634. The van der Waals surface area contributed by atoms with Gasteiger partial charge in [0.1, 0.15) is 12.4 Å². The van der Waals surface area contributed by atoms with Crippen LogP contribution in [0.15, 0.2) is 46.6 Å². The fourth-order valence-electron chi connectivity index (χ4n) is 2.32. The van der Waals surface area contributed by atoms with Gasteiger partial charge in [0.15, 0.2) is 11.1 Å². The third kappa shape index (κ3) is 5.38. The Kier molecular flexibility index (Phi) is 6.34.